The van der Waals surface area contributed by atoms with Gasteiger partial charge in [-0.25, -0.2) is 9.18 Å². The van der Waals surface area contributed by atoms with Crippen molar-refractivity contribution in [2.45, 2.75) is 13.0 Å². The summed E-state index contributed by atoms with van der Waals surface area (Å²) in [5.74, 6) is -0.314. The number of hydrogen-bond acceptors (Lipinski definition) is 4. The van der Waals surface area contributed by atoms with Gasteiger partial charge in [-0.2, -0.15) is 0 Å². The smallest absolute Gasteiger partial charge is 0.344 e. The van der Waals surface area contributed by atoms with E-state index in [1.165, 1.54) is 29.2 Å². The molecule has 1 atom stereocenters. The molecule has 1 aromatic carbocycles. The Morgan fingerprint density at radius 3 is 2.67 bits per heavy atom. The second kappa shape index (κ2) is 7.95. The Morgan fingerprint density at radius 2 is 2.00 bits per heavy atom. The standard InChI is InChI=1S/C15H20FNO4/c1-12(10-17-6-8-19-9-7-17)21-15(18)11-20-14-4-2-13(16)3-5-14/h2-5,12H,6-11H2,1H3/p+1/t12-/m0/s1. The third-order valence-corrected chi connectivity index (χ3v) is 3.28. The summed E-state index contributed by atoms with van der Waals surface area (Å²) in [7, 11) is 0. The number of halogens is 1. The van der Waals surface area contributed by atoms with E-state index in [0.717, 1.165) is 32.8 Å². The van der Waals surface area contributed by atoms with Crippen LogP contribution >= 0.6 is 0 Å². The lowest BCUT2D eigenvalue weighted by atomic mass is 10.3. The van der Waals surface area contributed by atoms with Crippen LogP contribution in [0.4, 0.5) is 4.39 Å². The highest BCUT2D eigenvalue weighted by Gasteiger charge is 2.19. The number of quaternary nitrogens is 1. The van der Waals surface area contributed by atoms with E-state index in [1.807, 2.05) is 6.92 Å². The van der Waals surface area contributed by atoms with Crippen molar-refractivity contribution in [2.24, 2.45) is 0 Å². The summed E-state index contributed by atoms with van der Waals surface area (Å²) in [6.07, 6.45) is -0.164. The number of carbonyl (C=O) groups excluding carboxylic acids is 1. The normalized spacial score (nSPS) is 17.2. The number of carbonyl (C=O) groups is 1. The molecule has 116 valence electrons. The SMILES string of the molecule is C[C@@H](C[NH+]1CCOCC1)OC(=O)COc1ccc(F)cc1. The average Bonchev–Trinajstić information content (AvgIpc) is 2.47. The number of ether oxygens (including phenoxy) is 3. The third-order valence-electron chi connectivity index (χ3n) is 3.28. The zero-order valence-electron chi connectivity index (χ0n) is 12.1. The summed E-state index contributed by atoms with van der Waals surface area (Å²) in [5, 5.41) is 0. The molecular weight excluding hydrogens is 277 g/mol. The van der Waals surface area contributed by atoms with Crippen LogP contribution in [0, 0.1) is 5.82 Å². The summed E-state index contributed by atoms with van der Waals surface area (Å²) in [6.45, 7) is 5.85. The van der Waals surface area contributed by atoms with Gasteiger partial charge in [0.15, 0.2) is 6.61 Å². The molecule has 1 heterocycles. The van der Waals surface area contributed by atoms with E-state index in [4.69, 9.17) is 14.2 Å². The number of nitrogens with one attached hydrogen (secondary N) is 1. The van der Waals surface area contributed by atoms with Gasteiger partial charge in [-0.15, -0.1) is 0 Å². The van der Waals surface area contributed by atoms with Crippen LogP contribution in [0.5, 0.6) is 5.75 Å². The first-order valence-electron chi connectivity index (χ1n) is 7.12. The van der Waals surface area contributed by atoms with Crippen LogP contribution in [0.3, 0.4) is 0 Å². The molecule has 0 amide bonds. The molecule has 1 N–H and O–H groups in total. The molecular formula is C15H21FNO4+. The molecule has 0 aromatic heterocycles. The highest BCUT2D eigenvalue weighted by atomic mass is 19.1. The van der Waals surface area contributed by atoms with Crippen LogP contribution in [-0.2, 0) is 14.3 Å². The first-order chi connectivity index (χ1) is 10.1. The van der Waals surface area contributed by atoms with E-state index < -0.39 is 5.97 Å². The molecule has 2 rings (SSSR count). The second-order valence-corrected chi connectivity index (χ2v) is 5.11. The van der Waals surface area contributed by atoms with E-state index in [9.17, 15) is 9.18 Å². The topological polar surface area (TPSA) is 49.2 Å². The van der Waals surface area contributed by atoms with Gasteiger partial charge in [0.05, 0.1) is 13.2 Å². The lowest BCUT2D eigenvalue weighted by Crippen LogP contribution is -3.15. The van der Waals surface area contributed by atoms with Crippen LogP contribution in [-0.4, -0.2) is 51.5 Å². The molecule has 1 aromatic rings. The van der Waals surface area contributed by atoms with Crippen molar-refractivity contribution in [3.63, 3.8) is 0 Å². The van der Waals surface area contributed by atoms with Gasteiger partial charge in [0.2, 0.25) is 0 Å². The Labute approximate surface area is 123 Å². The molecule has 1 aliphatic heterocycles. The molecule has 0 spiro atoms. The summed E-state index contributed by atoms with van der Waals surface area (Å²) >= 11 is 0. The quantitative estimate of drug-likeness (QED) is 0.754. The Hall–Kier alpha value is -1.66. The molecule has 0 unspecified atom stereocenters. The monoisotopic (exact) mass is 298 g/mol. The zero-order chi connectivity index (χ0) is 15.1. The average molecular weight is 298 g/mol. The summed E-state index contributed by atoms with van der Waals surface area (Å²) < 4.78 is 28.5. The number of hydrogen-bond donors (Lipinski definition) is 1. The van der Waals surface area contributed by atoms with Crippen LogP contribution < -0.4 is 9.64 Å². The molecule has 1 aliphatic rings. The van der Waals surface area contributed by atoms with Crippen LogP contribution in [0.1, 0.15) is 6.92 Å². The predicted molar refractivity (Wildman–Crippen MR) is 73.8 cm³/mol. The Balaban J connectivity index is 1.67. The van der Waals surface area contributed by atoms with Gasteiger partial charge < -0.3 is 19.1 Å². The largest absolute Gasteiger partial charge is 0.482 e. The van der Waals surface area contributed by atoms with Gasteiger partial charge >= 0.3 is 5.97 Å². The Bertz CT molecular complexity index is 445. The minimum absolute atomic E-state index is 0.164. The minimum atomic E-state index is -0.417. The molecule has 1 fully saturated rings. The van der Waals surface area contributed by atoms with Crippen molar-refractivity contribution < 1.29 is 28.3 Å². The van der Waals surface area contributed by atoms with Gasteiger partial charge in [-0.1, -0.05) is 0 Å². The van der Waals surface area contributed by atoms with Crippen LogP contribution in [0.2, 0.25) is 0 Å². The van der Waals surface area contributed by atoms with Crippen molar-refractivity contribution in [3.8, 4) is 5.75 Å². The summed E-state index contributed by atoms with van der Waals surface area (Å²) in [5.41, 5.74) is 0. The fourth-order valence-electron chi connectivity index (χ4n) is 2.24. The first kappa shape index (κ1) is 15.7. The molecule has 6 heteroatoms. The van der Waals surface area contributed by atoms with Crippen LogP contribution in [0.25, 0.3) is 0 Å². The van der Waals surface area contributed by atoms with E-state index in [2.05, 4.69) is 0 Å². The van der Waals surface area contributed by atoms with Gasteiger partial charge in [0.1, 0.15) is 37.3 Å². The number of rotatable bonds is 6. The van der Waals surface area contributed by atoms with Crippen molar-refractivity contribution >= 4 is 5.97 Å². The van der Waals surface area contributed by atoms with E-state index in [0.29, 0.717) is 5.75 Å². The summed E-state index contributed by atoms with van der Waals surface area (Å²) in [6, 6.07) is 5.52. The van der Waals surface area contributed by atoms with Gasteiger partial charge in [0.25, 0.3) is 0 Å². The first-order valence-corrected chi connectivity index (χ1v) is 7.12. The minimum Gasteiger partial charge on any atom is -0.482 e. The van der Waals surface area contributed by atoms with E-state index >= 15 is 0 Å². The highest BCUT2D eigenvalue weighted by molar-refractivity contribution is 5.71. The van der Waals surface area contributed by atoms with Crippen molar-refractivity contribution in [2.75, 3.05) is 39.5 Å². The van der Waals surface area contributed by atoms with Crippen molar-refractivity contribution in [1.29, 1.82) is 0 Å². The van der Waals surface area contributed by atoms with E-state index in [-0.39, 0.29) is 18.5 Å². The summed E-state index contributed by atoms with van der Waals surface area (Å²) in [4.78, 5) is 13.1. The van der Waals surface area contributed by atoms with Crippen LogP contribution in [0.15, 0.2) is 24.3 Å². The molecule has 0 aliphatic carbocycles. The maximum Gasteiger partial charge on any atom is 0.344 e. The highest BCUT2D eigenvalue weighted by Crippen LogP contribution is 2.10. The zero-order valence-corrected chi connectivity index (χ0v) is 12.1. The molecule has 0 radical (unpaired) electrons. The maximum absolute atomic E-state index is 12.7. The van der Waals surface area contributed by atoms with Gasteiger partial charge in [-0.05, 0) is 31.2 Å². The lowest BCUT2D eigenvalue weighted by Gasteiger charge is -2.26. The fourth-order valence-corrected chi connectivity index (χ4v) is 2.24. The third kappa shape index (κ3) is 5.69. The van der Waals surface area contributed by atoms with E-state index in [1.54, 1.807) is 0 Å². The molecule has 0 saturated carbocycles. The lowest BCUT2D eigenvalue weighted by molar-refractivity contribution is -0.910. The van der Waals surface area contributed by atoms with Crippen molar-refractivity contribution in [1.82, 2.24) is 0 Å². The fraction of sp³-hybridized carbons (Fsp3) is 0.533. The second-order valence-electron chi connectivity index (χ2n) is 5.11. The van der Waals surface area contributed by atoms with Gasteiger partial charge in [-0.3, -0.25) is 0 Å². The number of morpholine rings is 1. The molecule has 5 nitrogen and oxygen atoms in total. The molecule has 21 heavy (non-hydrogen) atoms. The molecule has 0 bridgehead atoms. The Kier molecular flexibility index (Phi) is 5.95. The predicted octanol–water partition coefficient (Wildman–Crippen LogP) is 0.0513. The molecule has 1 saturated heterocycles. The number of benzene rings is 1. The number of esters is 1. The van der Waals surface area contributed by atoms with Gasteiger partial charge in [0, 0.05) is 0 Å². The maximum atomic E-state index is 12.7. The van der Waals surface area contributed by atoms with Crippen molar-refractivity contribution in [3.05, 3.63) is 30.1 Å². The Morgan fingerprint density at radius 1 is 1.33 bits per heavy atom.